The summed E-state index contributed by atoms with van der Waals surface area (Å²) in [4.78, 5) is 0. The van der Waals surface area contributed by atoms with Crippen molar-refractivity contribution < 1.29 is 10.2 Å². The molecule has 0 saturated carbocycles. The van der Waals surface area contributed by atoms with Gasteiger partial charge in [-0.15, -0.1) is 0 Å². The molecule has 0 spiro atoms. The second-order valence-corrected chi connectivity index (χ2v) is 1.65. The first kappa shape index (κ1) is 6.25. The molecule has 0 fully saturated rings. The summed E-state index contributed by atoms with van der Waals surface area (Å²) in [7, 11) is 0. The van der Waals surface area contributed by atoms with Gasteiger partial charge in [-0.2, -0.15) is 5.10 Å². The van der Waals surface area contributed by atoms with Crippen LogP contribution in [0.4, 0.5) is 0 Å². The lowest BCUT2D eigenvalue weighted by Crippen LogP contribution is -2.12. The van der Waals surface area contributed by atoms with Gasteiger partial charge in [0.2, 0.25) is 0 Å². The first-order valence-electron chi connectivity index (χ1n) is 2.62. The van der Waals surface area contributed by atoms with Crippen LogP contribution in [0.5, 0.6) is 0 Å². The molecule has 1 heterocycles. The zero-order chi connectivity index (χ0) is 6.69. The average Bonchev–Trinajstić information content (AvgIpc) is 2.37. The molecule has 0 aliphatic rings. The predicted octanol–water partition coefficient (Wildman–Crippen LogP) is -0.634. The van der Waals surface area contributed by atoms with Crippen molar-refractivity contribution in [2.45, 2.75) is 6.23 Å². The summed E-state index contributed by atoms with van der Waals surface area (Å²) in [5.41, 5.74) is 0. The molecule has 0 aliphatic carbocycles. The molecule has 0 bridgehead atoms. The summed E-state index contributed by atoms with van der Waals surface area (Å²) in [6.45, 7) is -0.304. The van der Waals surface area contributed by atoms with Crippen LogP contribution in [-0.2, 0) is 0 Å². The third-order valence-electron chi connectivity index (χ3n) is 0.994. The van der Waals surface area contributed by atoms with E-state index in [2.05, 4.69) is 5.10 Å². The van der Waals surface area contributed by atoms with Crippen LogP contribution in [0.15, 0.2) is 18.5 Å². The fourth-order valence-electron chi connectivity index (χ4n) is 0.541. The van der Waals surface area contributed by atoms with E-state index in [1.165, 1.54) is 4.68 Å². The molecule has 0 aliphatic heterocycles. The summed E-state index contributed by atoms with van der Waals surface area (Å²) < 4.78 is 1.28. The summed E-state index contributed by atoms with van der Waals surface area (Å²) in [6, 6.07) is 1.68. The van der Waals surface area contributed by atoms with Crippen LogP contribution < -0.4 is 0 Å². The summed E-state index contributed by atoms with van der Waals surface area (Å²) in [5.74, 6) is 0. The molecule has 1 aromatic heterocycles. The van der Waals surface area contributed by atoms with E-state index in [0.717, 1.165) is 0 Å². The highest BCUT2D eigenvalue weighted by atomic mass is 16.3. The molecule has 0 saturated heterocycles. The normalized spacial score (nSPS) is 13.6. The second kappa shape index (κ2) is 2.61. The van der Waals surface area contributed by atoms with Gasteiger partial charge in [0, 0.05) is 12.4 Å². The largest absolute Gasteiger partial charge is 0.392 e. The van der Waals surface area contributed by atoms with Crippen molar-refractivity contribution in [1.29, 1.82) is 0 Å². The van der Waals surface area contributed by atoms with Gasteiger partial charge in [-0.1, -0.05) is 0 Å². The van der Waals surface area contributed by atoms with Crippen LogP contribution >= 0.6 is 0 Å². The van der Waals surface area contributed by atoms with Crippen LogP contribution in [0.3, 0.4) is 0 Å². The Kier molecular flexibility index (Phi) is 1.81. The highest BCUT2D eigenvalue weighted by molar-refractivity contribution is 4.78. The van der Waals surface area contributed by atoms with Crippen LogP contribution in [0.2, 0.25) is 0 Å². The number of aromatic nitrogens is 2. The Labute approximate surface area is 52.4 Å². The van der Waals surface area contributed by atoms with Crippen molar-refractivity contribution >= 4 is 0 Å². The molecule has 0 aromatic carbocycles. The minimum absolute atomic E-state index is 0.304. The minimum atomic E-state index is -0.903. The summed E-state index contributed by atoms with van der Waals surface area (Å²) in [5, 5.41) is 21.0. The maximum Gasteiger partial charge on any atom is 0.170 e. The molecule has 9 heavy (non-hydrogen) atoms. The Hall–Kier alpha value is -0.870. The quantitative estimate of drug-likeness (QED) is 0.557. The second-order valence-electron chi connectivity index (χ2n) is 1.65. The molecule has 2 N–H and O–H groups in total. The van der Waals surface area contributed by atoms with Gasteiger partial charge in [0.05, 0.1) is 6.61 Å². The molecule has 0 radical (unpaired) electrons. The van der Waals surface area contributed by atoms with Gasteiger partial charge < -0.3 is 10.2 Å². The van der Waals surface area contributed by atoms with Crippen LogP contribution in [0, 0.1) is 0 Å². The zero-order valence-electron chi connectivity index (χ0n) is 4.81. The molecule has 50 valence electrons. The van der Waals surface area contributed by atoms with Crippen LogP contribution in [0.1, 0.15) is 6.23 Å². The maximum atomic E-state index is 8.87. The number of rotatable bonds is 2. The molecule has 1 unspecified atom stereocenters. The van der Waals surface area contributed by atoms with Crippen LogP contribution in [-0.4, -0.2) is 26.6 Å². The van der Waals surface area contributed by atoms with Gasteiger partial charge in [-0.05, 0) is 6.07 Å². The van der Waals surface area contributed by atoms with E-state index >= 15 is 0 Å². The fourth-order valence-corrected chi connectivity index (χ4v) is 0.541. The monoisotopic (exact) mass is 128 g/mol. The zero-order valence-corrected chi connectivity index (χ0v) is 4.81. The number of hydrogen-bond acceptors (Lipinski definition) is 3. The lowest BCUT2D eigenvalue weighted by Gasteiger charge is -2.05. The number of hydrogen-bond donors (Lipinski definition) is 2. The van der Waals surface area contributed by atoms with Gasteiger partial charge in [-0.3, -0.25) is 0 Å². The van der Waals surface area contributed by atoms with Gasteiger partial charge >= 0.3 is 0 Å². The predicted molar refractivity (Wildman–Crippen MR) is 30.6 cm³/mol. The Morgan fingerprint density at radius 3 is 2.89 bits per heavy atom. The maximum absolute atomic E-state index is 8.87. The van der Waals surface area contributed by atoms with E-state index in [4.69, 9.17) is 10.2 Å². The number of nitrogens with zero attached hydrogens (tertiary/aromatic N) is 2. The van der Waals surface area contributed by atoms with E-state index in [1.807, 2.05) is 0 Å². The van der Waals surface area contributed by atoms with E-state index in [-0.39, 0.29) is 6.61 Å². The van der Waals surface area contributed by atoms with E-state index in [0.29, 0.717) is 0 Å². The van der Waals surface area contributed by atoms with Gasteiger partial charge in [0.15, 0.2) is 6.23 Å². The Morgan fingerprint density at radius 2 is 2.44 bits per heavy atom. The third kappa shape index (κ3) is 1.28. The highest BCUT2D eigenvalue weighted by Gasteiger charge is 2.00. The topological polar surface area (TPSA) is 58.3 Å². The molecular formula is C5H8N2O2. The third-order valence-corrected chi connectivity index (χ3v) is 0.994. The molecular weight excluding hydrogens is 120 g/mol. The van der Waals surface area contributed by atoms with Crippen molar-refractivity contribution in [2.75, 3.05) is 6.61 Å². The molecule has 1 atom stereocenters. The molecule has 4 heteroatoms. The van der Waals surface area contributed by atoms with Gasteiger partial charge in [-0.25, -0.2) is 4.68 Å². The summed E-state index contributed by atoms with van der Waals surface area (Å²) in [6.07, 6.45) is 2.22. The minimum Gasteiger partial charge on any atom is -0.392 e. The van der Waals surface area contributed by atoms with Crippen molar-refractivity contribution in [2.24, 2.45) is 0 Å². The average molecular weight is 128 g/mol. The standard InChI is InChI=1S/C5H8N2O2/c8-4-5(9)7-3-1-2-6-7/h1-3,5,8-9H,4H2. The number of aliphatic hydroxyl groups is 2. The molecule has 4 nitrogen and oxygen atoms in total. The fraction of sp³-hybridized carbons (Fsp3) is 0.400. The number of aliphatic hydroxyl groups excluding tert-OH is 2. The SMILES string of the molecule is OCC(O)n1cccn1. The van der Waals surface area contributed by atoms with Crippen molar-refractivity contribution in [3.63, 3.8) is 0 Å². The van der Waals surface area contributed by atoms with Crippen molar-refractivity contribution in [1.82, 2.24) is 9.78 Å². The summed E-state index contributed by atoms with van der Waals surface area (Å²) >= 11 is 0. The highest BCUT2D eigenvalue weighted by Crippen LogP contribution is 1.95. The first-order valence-corrected chi connectivity index (χ1v) is 2.62. The van der Waals surface area contributed by atoms with Gasteiger partial charge in [0.25, 0.3) is 0 Å². The van der Waals surface area contributed by atoms with E-state index in [1.54, 1.807) is 18.5 Å². The Morgan fingerprint density at radius 1 is 1.67 bits per heavy atom. The van der Waals surface area contributed by atoms with E-state index in [9.17, 15) is 0 Å². The Bertz CT molecular complexity index is 161. The van der Waals surface area contributed by atoms with Crippen molar-refractivity contribution in [3.05, 3.63) is 18.5 Å². The Balaban J connectivity index is 2.65. The molecule has 1 aromatic rings. The molecule has 0 amide bonds. The molecule has 1 rings (SSSR count). The lowest BCUT2D eigenvalue weighted by atomic mass is 10.6. The van der Waals surface area contributed by atoms with Gasteiger partial charge in [0.1, 0.15) is 0 Å². The lowest BCUT2D eigenvalue weighted by molar-refractivity contribution is 0.0294. The van der Waals surface area contributed by atoms with E-state index < -0.39 is 6.23 Å². The van der Waals surface area contributed by atoms with Crippen molar-refractivity contribution in [3.8, 4) is 0 Å². The van der Waals surface area contributed by atoms with Crippen LogP contribution in [0.25, 0.3) is 0 Å². The first-order chi connectivity index (χ1) is 4.34. The smallest absolute Gasteiger partial charge is 0.170 e.